The molecule has 0 aliphatic carbocycles. The number of hydrogen-bond donors (Lipinski definition) is 2. The van der Waals surface area contributed by atoms with Gasteiger partial charge in [-0.1, -0.05) is 24.3 Å². The second-order valence-electron chi connectivity index (χ2n) is 3.68. The molecule has 5 nitrogen and oxygen atoms in total. The lowest BCUT2D eigenvalue weighted by molar-refractivity contribution is 0.0730. The van der Waals surface area contributed by atoms with Crippen LogP contribution in [0.4, 0.5) is 0 Å². The summed E-state index contributed by atoms with van der Waals surface area (Å²) < 4.78 is 25.7. The fourth-order valence-electron chi connectivity index (χ4n) is 1.42. The van der Waals surface area contributed by atoms with Gasteiger partial charge in [0.2, 0.25) is 15.8 Å². The van der Waals surface area contributed by atoms with Gasteiger partial charge in [-0.05, 0) is 23.6 Å². The van der Waals surface area contributed by atoms with Crippen molar-refractivity contribution in [2.75, 3.05) is 0 Å². The summed E-state index contributed by atoms with van der Waals surface area (Å²) in [5.74, 6) is -0.672. The third-order valence-electron chi connectivity index (χ3n) is 2.33. The van der Waals surface area contributed by atoms with Crippen molar-refractivity contribution >= 4 is 27.1 Å². The molecule has 2 rings (SSSR count). The van der Waals surface area contributed by atoms with Crippen LogP contribution in [-0.2, 0) is 10.0 Å². The molecule has 1 unspecified atom stereocenters. The summed E-state index contributed by atoms with van der Waals surface area (Å²) in [6.45, 7) is 0. The first-order valence-corrected chi connectivity index (χ1v) is 7.70. The first-order chi connectivity index (χ1) is 9.00. The molecule has 0 spiro atoms. The third kappa shape index (κ3) is 3.27. The number of Topliss-reactive ketones (excluding diaryl/α,β-unsaturated/α-hetero) is 1. The van der Waals surface area contributed by atoms with E-state index in [1.807, 2.05) is 4.72 Å². The van der Waals surface area contributed by atoms with Gasteiger partial charge in [0.25, 0.3) is 0 Å². The lowest BCUT2D eigenvalue weighted by Gasteiger charge is -2.11. The smallest absolute Gasteiger partial charge is 0.243 e. The minimum atomic E-state index is -3.91. The minimum Gasteiger partial charge on any atom is -0.370 e. The van der Waals surface area contributed by atoms with E-state index in [0.29, 0.717) is 4.88 Å². The van der Waals surface area contributed by atoms with E-state index < -0.39 is 22.0 Å². The van der Waals surface area contributed by atoms with E-state index in [4.69, 9.17) is 0 Å². The minimum absolute atomic E-state index is 0.00645. The van der Waals surface area contributed by atoms with Crippen LogP contribution in [-0.4, -0.2) is 25.5 Å². The molecule has 0 aliphatic heterocycles. The van der Waals surface area contributed by atoms with Crippen molar-refractivity contribution < 1.29 is 18.3 Å². The van der Waals surface area contributed by atoms with Gasteiger partial charge < -0.3 is 5.11 Å². The second kappa shape index (κ2) is 5.62. The Kier molecular flexibility index (Phi) is 4.11. The molecule has 1 aromatic heterocycles. The summed E-state index contributed by atoms with van der Waals surface area (Å²) in [6, 6.07) is 10.7. The Morgan fingerprint density at radius 1 is 1.16 bits per heavy atom. The zero-order chi connectivity index (χ0) is 13.9. The van der Waals surface area contributed by atoms with E-state index in [2.05, 4.69) is 0 Å². The number of aliphatic hydroxyl groups is 1. The Balaban J connectivity index is 2.15. The number of ketones is 1. The predicted octanol–water partition coefficient (Wildman–Crippen LogP) is 1.23. The van der Waals surface area contributed by atoms with Crippen LogP contribution >= 0.6 is 11.3 Å². The molecule has 0 bridgehead atoms. The van der Waals surface area contributed by atoms with Gasteiger partial charge in [-0.3, -0.25) is 4.79 Å². The van der Waals surface area contributed by atoms with Crippen molar-refractivity contribution in [2.24, 2.45) is 0 Å². The monoisotopic (exact) mass is 297 g/mol. The van der Waals surface area contributed by atoms with Gasteiger partial charge in [0.05, 0.1) is 9.77 Å². The number of nitrogens with one attached hydrogen (secondary N) is 1. The van der Waals surface area contributed by atoms with Gasteiger partial charge in [0.15, 0.2) is 6.23 Å². The van der Waals surface area contributed by atoms with Gasteiger partial charge in [-0.2, -0.15) is 4.72 Å². The topological polar surface area (TPSA) is 83.5 Å². The van der Waals surface area contributed by atoms with E-state index in [9.17, 15) is 18.3 Å². The fourth-order valence-corrected chi connectivity index (χ4v) is 3.16. The average Bonchev–Trinajstić information content (AvgIpc) is 2.92. The maximum atomic E-state index is 11.9. The van der Waals surface area contributed by atoms with Crippen LogP contribution < -0.4 is 4.72 Å². The Morgan fingerprint density at radius 2 is 1.84 bits per heavy atom. The highest BCUT2D eigenvalue weighted by atomic mass is 32.2. The van der Waals surface area contributed by atoms with E-state index >= 15 is 0 Å². The van der Waals surface area contributed by atoms with Crippen molar-refractivity contribution in [1.29, 1.82) is 0 Å². The summed E-state index contributed by atoms with van der Waals surface area (Å²) in [5.41, 5.74) is 0. The van der Waals surface area contributed by atoms with Crippen molar-refractivity contribution in [3.05, 3.63) is 52.7 Å². The first-order valence-electron chi connectivity index (χ1n) is 5.34. The summed E-state index contributed by atoms with van der Waals surface area (Å²) in [5, 5.41) is 11.3. The number of thiophene rings is 1. The van der Waals surface area contributed by atoms with Crippen molar-refractivity contribution in [2.45, 2.75) is 11.1 Å². The van der Waals surface area contributed by atoms with Gasteiger partial charge in [0, 0.05) is 0 Å². The van der Waals surface area contributed by atoms with Crippen LogP contribution in [0.25, 0.3) is 0 Å². The number of hydrogen-bond acceptors (Lipinski definition) is 5. The Hall–Kier alpha value is -1.54. The number of aliphatic hydroxyl groups excluding tert-OH is 1. The van der Waals surface area contributed by atoms with Crippen LogP contribution in [0.15, 0.2) is 52.7 Å². The van der Waals surface area contributed by atoms with Gasteiger partial charge >= 0.3 is 0 Å². The van der Waals surface area contributed by atoms with E-state index in [0.717, 1.165) is 11.3 Å². The molecule has 0 saturated heterocycles. The molecule has 2 N–H and O–H groups in total. The zero-order valence-corrected chi connectivity index (χ0v) is 11.3. The molecule has 0 amide bonds. The molecule has 0 radical (unpaired) electrons. The molecule has 100 valence electrons. The number of benzene rings is 1. The lowest BCUT2D eigenvalue weighted by Crippen LogP contribution is -2.40. The highest BCUT2D eigenvalue weighted by Gasteiger charge is 2.24. The summed E-state index contributed by atoms with van der Waals surface area (Å²) >= 11 is 1.14. The normalized spacial score (nSPS) is 13.1. The van der Waals surface area contributed by atoms with Crippen LogP contribution in [0, 0.1) is 0 Å². The standard InChI is InChI=1S/C12H11NO4S2/c14-11(10-7-4-8-18-10)12(15)13-19(16,17)9-5-2-1-3-6-9/h1-8,12-13,15H. The van der Waals surface area contributed by atoms with Crippen molar-refractivity contribution in [1.82, 2.24) is 4.72 Å². The Bertz CT molecular complexity index is 650. The number of carbonyl (C=O) groups is 1. The number of carbonyl (C=O) groups excluding carboxylic acids is 1. The van der Waals surface area contributed by atoms with Crippen LogP contribution in [0.1, 0.15) is 9.67 Å². The summed E-state index contributed by atoms with van der Waals surface area (Å²) in [6.07, 6.45) is -1.79. The number of sulfonamides is 1. The summed E-state index contributed by atoms with van der Waals surface area (Å²) in [4.78, 5) is 12.0. The lowest BCUT2D eigenvalue weighted by atomic mass is 10.3. The highest BCUT2D eigenvalue weighted by molar-refractivity contribution is 7.89. The number of rotatable bonds is 5. The highest BCUT2D eigenvalue weighted by Crippen LogP contribution is 2.13. The zero-order valence-electron chi connectivity index (χ0n) is 9.68. The molecule has 0 fully saturated rings. The average molecular weight is 297 g/mol. The SMILES string of the molecule is O=C(c1cccs1)C(O)NS(=O)(=O)c1ccccc1. The molecule has 1 atom stereocenters. The molecule has 0 aliphatic rings. The van der Waals surface area contributed by atoms with Crippen molar-refractivity contribution in [3.63, 3.8) is 0 Å². The molecule has 1 aromatic carbocycles. The summed E-state index contributed by atoms with van der Waals surface area (Å²) in [7, 11) is -3.91. The molecule has 1 heterocycles. The molecular formula is C12H11NO4S2. The first kappa shape index (κ1) is 13.9. The van der Waals surface area contributed by atoms with Gasteiger partial charge in [0.1, 0.15) is 0 Å². The Labute approximate surface area is 114 Å². The molecule has 19 heavy (non-hydrogen) atoms. The molecule has 7 heteroatoms. The molecular weight excluding hydrogens is 286 g/mol. The van der Waals surface area contributed by atoms with Gasteiger partial charge in [-0.15, -0.1) is 11.3 Å². The van der Waals surface area contributed by atoms with Crippen LogP contribution in [0.5, 0.6) is 0 Å². The maximum absolute atomic E-state index is 11.9. The largest absolute Gasteiger partial charge is 0.370 e. The van der Waals surface area contributed by atoms with Gasteiger partial charge in [-0.25, -0.2) is 8.42 Å². The predicted molar refractivity (Wildman–Crippen MR) is 71.4 cm³/mol. The fraction of sp³-hybridized carbons (Fsp3) is 0.0833. The Morgan fingerprint density at radius 3 is 2.42 bits per heavy atom. The second-order valence-corrected chi connectivity index (χ2v) is 6.34. The molecule has 2 aromatic rings. The van der Waals surface area contributed by atoms with Crippen LogP contribution in [0.3, 0.4) is 0 Å². The maximum Gasteiger partial charge on any atom is 0.243 e. The third-order valence-corrected chi connectivity index (χ3v) is 4.64. The molecule has 0 saturated carbocycles. The van der Waals surface area contributed by atoms with E-state index in [-0.39, 0.29) is 4.90 Å². The quantitative estimate of drug-likeness (QED) is 0.642. The van der Waals surface area contributed by atoms with Crippen molar-refractivity contribution in [3.8, 4) is 0 Å². The van der Waals surface area contributed by atoms with Crippen LogP contribution in [0.2, 0.25) is 0 Å². The van der Waals surface area contributed by atoms with E-state index in [1.54, 1.807) is 29.6 Å². The van der Waals surface area contributed by atoms with E-state index in [1.165, 1.54) is 18.2 Å².